The van der Waals surface area contributed by atoms with Crippen molar-refractivity contribution in [3.8, 4) is 0 Å². The highest BCUT2D eigenvalue weighted by molar-refractivity contribution is 5.85. The van der Waals surface area contributed by atoms with Crippen molar-refractivity contribution in [2.75, 3.05) is 31.1 Å². The molecule has 3 heterocycles. The van der Waals surface area contributed by atoms with Gasteiger partial charge in [-0.15, -0.1) is 24.8 Å². The summed E-state index contributed by atoms with van der Waals surface area (Å²) in [5.74, 6) is 1.34. The van der Waals surface area contributed by atoms with E-state index >= 15 is 0 Å². The molecular weight excluding hydrogens is 323 g/mol. The summed E-state index contributed by atoms with van der Waals surface area (Å²) in [4.78, 5) is 18.7. The molecule has 2 fully saturated rings. The van der Waals surface area contributed by atoms with E-state index in [2.05, 4.69) is 32.7 Å². The van der Waals surface area contributed by atoms with Crippen molar-refractivity contribution < 1.29 is 4.79 Å². The van der Waals surface area contributed by atoms with Crippen molar-refractivity contribution in [3.63, 3.8) is 0 Å². The Bertz CT molecular complexity index is 457. The van der Waals surface area contributed by atoms with Gasteiger partial charge in [-0.1, -0.05) is 6.07 Å². The van der Waals surface area contributed by atoms with Gasteiger partial charge in [0.05, 0.1) is 5.92 Å². The smallest absolute Gasteiger partial charge is 0.224 e. The monoisotopic (exact) mass is 346 g/mol. The van der Waals surface area contributed by atoms with Crippen LogP contribution in [0, 0.1) is 5.92 Å². The lowest BCUT2D eigenvalue weighted by atomic mass is 10.1. The Hall–Kier alpha value is -1.04. The summed E-state index contributed by atoms with van der Waals surface area (Å²) in [5.41, 5.74) is 1.06. The number of pyridine rings is 1. The molecule has 2 aliphatic heterocycles. The van der Waals surface area contributed by atoms with E-state index in [1.54, 1.807) is 0 Å². The van der Waals surface area contributed by atoms with Crippen molar-refractivity contribution in [2.24, 2.45) is 5.92 Å². The summed E-state index contributed by atoms with van der Waals surface area (Å²) in [7, 11) is 0. The molecule has 2 saturated heterocycles. The Kier molecular flexibility index (Phi) is 7.93. The molecule has 1 aromatic heterocycles. The molecule has 2 N–H and O–H groups in total. The molecule has 5 nitrogen and oxygen atoms in total. The summed E-state index contributed by atoms with van der Waals surface area (Å²) in [6, 6.07) is 4.12. The lowest BCUT2D eigenvalue weighted by molar-refractivity contribution is -0.124. The van der Waals surface area contributed by atoms with Gasteiger partial charge < -0.3 is 15.5 Å². The quantitative estimate of drug-likeness (QED) is 0.871. The second kappa shape index (κ2) is 9.18. The number of rotatable bonds is 4. The van der Waals surface area contributed by atoms with E-state index < -0.39 is 0 Å². The lowest BCUT2D eigenvalue weighted by Crippen LogP contribution is -2.31. The maximum absolute atomic E-state index is 11.9. The fourth-order valence-corrected chi connectivity index (χ4v) is 2.87. The van der Waals surface area contributed by atoms with E-state index in [1.165, 1.54) is 12.8 Å². The van der Waals surface area contributed by atoms with Crippen LogP contribution < -0.4 is 15.5 Å². The highest BCUT2D eigenvalue weighted by Crippen LogP contribution is 2.17. The van der Waals surface area contributed by atoms with E-state index in [1.807, 2.05) is 6.20 Å². The lowest BCUT2D eigenvalue weighted by Gasteiger charge is -2.16. The van der Waals surface area contributed by atoms with Gasteiger partial charge in [0.1, 0.15) is 5.82 Å². The average molecular weight is 347 g/mol. The van der Waals surface area contributed by atoms with E-state index in [9.17, 15) is 4.79 Å². The molecule has 22 heavy (non-hydrogen) atoms. The van der Waals surface area contributed by atoms with Gasteiger partial charge in [-0.3, -0.25) is 4.79 Å². The molecule has 0 radical (unpaired) electrons. The number of aromatic nitrogens is 1. The Morgan fingerprint density at radius 2 is 2.09 bits per heavy atom. The van der Waals surface area contributed by atoms with Gasteiger partial charge in [0.15, 0.2) is 0 Å². The third kappa shape index (κ3) is 4.73. The third-order valence-electron chi connectivity index (χ3n) is 4.14. The van der Waals surface area contributed by atoms with Gasteiger partial charge in [-0.25, -0.2) is 4.98 Å². The zero-order valence-corrected chi connectivity index (χ0v) is 14.2. The van der Waals surface area contributed by atoms with Crippen molar-refractivity contribution in [1.29, 1.82) is 0 Å². The van der Waals surface area contributed by atoms with E-state index in [4.69, 9.17) is 0 Å². The van der Waals surface area contributed by atoms with Gasteiger partial charge in [-0.2, -0.15) is 0 Å². The van der Waals surface area contributed by atoms with E-state index in [0.29, 0.717) is 6.54 Å². The Morgan fingerprint density at radius 1 is 1.32 bits per heavy atom. The first kappa shape index (κ1) is 19.0. The van der Waals surface area contributed by atoms with Crippen LogP contribution in [-0.2, 0) is 11.3 Å². The third-order valence-corrected chi connectivity index (χ3v) is 4.14. The first-order chi connectivity index (χ1) is 9.83. The SMILES string of the molecule is Cl.Cl.O=C(NCc1ccc(N2CCCC2)nc1)C1CCNC1. The first-order valence-corrected chi connectivity index (χ1v) is 7.51. The predicted octanol–water partition coefficient (Wildman–Crippen LogP) is 1.75. The molecule has 0 aromatic carbocycles. The number of amides is 1. The zero-order valence-electron chi connectivity index (χ0n) is 12.6. The molecule has 124 valence electrons. The molecule has 0 aliphatic carbocycles. The van der Waals surface area contributed by atoms with Crippen LogP contribution in [-0.4, -0.2) is 37.1 Å². The maximum atomic E-state index is 11.9. The predicted molar refractivity (Wildman–Crippen MR) is 93.0 cm³/mol. The molecule has 2 aliphatic rings. The minimum absolute atomic E-state index is 0. The summed E-state index contributed by atoms with van der Waals surface area (Å²) in [6.45, 7) is 4.54. The molecule has 3 rings (SSSR count). The van der Waals surface area contributed by atoms with Crippen molar-refractivity contribution in [1.82, 2.24) is 15.6 Å². The van der Waals surface area contributed by atoms with E-state index in [0.717, 1.165) is 44.0 Å². The number of anilines is 1. The summed E-state index contributed by atoms with van der Waals surface area (Å²) in [6.07, 6.45) is 5.34. The minimum atomic E-state index is 0. The Morgan fingerprint density at radius 3 is 2.68 bits per heavy atom. The van der Waals surface area contributed by atoms with Crippen molar-refractivity contribution >= 4 is 36.5 Å². The van der Waals surface area contributed by atoms with Crippen LogP contribution in [0.3, 0.4) is 0 Å². The molecule has 1 unspecified atom stereocenters. The largest absolute Gasteiger partial charge is 0.357 e. The summed E-state index contributed by atoms with van der Waals surface area (Å²) >= 11 is 0. The summed E-state index contributed by atoms with van der Waals surface area (Å²) < 4.78 is 0. The molecule has 1 amide bonds. The molecule has 0 saturated carbocycles. The molecule has 1 aromatic rings. The molecule has 7 heteroatoms. The maximum Gasteiger partial charge on any atom is 0.224 e. The Labute approximate surface area is 144 Å². The van der Waals surface area contributed by atoms with Crippen LogP contribution in [0.25, 0.3) is 0 Å². The second-order valence-corrected chi connectivity index (χ2v) is 5.63. The standard InChI is InChI=1S/C15H22N4O.2ClH/c20-15(13-5-6-16-11-13)18-10-12-3-4-14(17-9-12)19-7-1-2-8-19;;/h3-4,9,13,16H,1-2,5-8,10-11H2,(H,18,20);2*1H. The van der Waals surface area contributed by atoms with Crippen LogP contribution in [0.2, 0.25) is 0 Å². The zero-order chi connectivity index (χ0) is 13.8. The van der Waals surface area contributed by atoms with Crippen LogP contribution in [0.1, 0.15) is 24.8 Å². The highest BCUT2D eigenvalue weighted by atomic mass is 35.5. The van der Waals surface area contributed by atoms with Gasteiger partial charge >= 0.3 is 0 Å². The van der Waals surface area contributed by atoms with Crippen LogP contribution in [0.15, 0.2) is 18.3 Å². The second-order valence-electron chi connectivity index (χ2n) is 5.63. The molecule has 1 atom stereocenters. The first-order valence-electron chi connectivity index (χ1n) is 7.51. The van der Waals surface area contributed by atoms with Crippen molar-refractivity contribution in [2.45, 2.75) is 25.8 Å². The number of carbonyl (C=O) groups excluding carboxylic acids is 1. The average Bonchev–Trinajstić information content (AvgIpc) is 3.18. The van der Waals surface area contributed by atoms with Gasteiger partial charge in [0.25, 0.3) is 0 Å². The number of nitrogens with one attached hydrogen (secondary N) is 2. The number of nitrogens with zero attached hydrogens (tertiary/aromatic N) is 2. The van der Waals surface area contributed by atoms with Crippen LogP contribution >= 0.6 is 24.8 Å². The topological polar surface area (TPSA) is 57.3 Å². The van der Waals surface area contributed by atoms with E-state index in [-0.39, 0.29) is 36.6 Å². The number of carbonyl (C=O) groups is 1. The van der Waals surface area contributed by atoms with Crippen LogP contribution in [0.4, 0.5) is 5.82 Å². The number of hydrogen-bond acceptors (Lipinski definition) is 4. The normalized spacial score (nSPS) is 20.2. The van der Waals surface area contributed by atoms with Gasteiger partial charge in [-0.05, 0) is 37.4 Å². The van der Waals surface area contributed by atoms with Crippen LogP contribution in [0.5, 0.6) is 0 Å². The fourth-order valence-electron chi connectivity index (χ4n) is 2.87. The summed E-state index contributed by atoms with van der Waals surface area (Å²) in [5, 5.41) is 6.21. The molecule has 0 bridgehead atoms. The number of halogens is 2. The minimum Gasteiger partial charge on any atom is -0.357 e. The molecule has 0 spiro atoms. The number of hydrogen-bond donors (Lipinski definition) is 2. The van der Waals surface area contributed by atoms with Crippen molar-refractivity contribution in [3.05, 3.63) is 23.9 Å². The molecular formula is C15H24Cl2N4O. The fraction of sp³-hybridized carbons (Fsp3) is 0.600. The highest BCUT2D eigenvalue weighted by Gasteiger charge is 2.21. The van der Waals surface area contributed by atoms with Gasteiger partial charge in [0, 0.05) is 32.4 Å². The Balaban J connectivity index is 0.00000121. The van der Waals surface area contributed by atoms with Gasteiger partial charge in [0.2, 0.25) is 5.91 Å².